The molecule has 0 heterocycles. The Morgan fingerprint density at radius 2 is 2.08 bits per heavy atom. The van der Waals surface area contributed by atoms with Crippen molar-refractivity contribution in [3.8, 4) is 0 Å². The largest absolute Gasteiger partial charge is 0.385 e. The normalized spacial score (nSPS) is 15.0. The summed E-state index contributed by atoms with van der Waals surface area (Å²) in [5.41, 5.74) is 1.32. The maximum absolute atomic E-state index is 10.1. The van der Waals surface area contributed by atoms with Gasteiger partial charge in [-0.15, -0.1) is 6.58 Å². The summed E-state index contributed by atoms with van der Waals surface area (Å²) in [7, 11) is 0. The Morgan fingerprint density at radius 3 is 2.62 bits per heavy atom. The van der Waals surface area contributed by atoms with Crippen molar-refractivity contribution in [2.45, 2.75) is 25.9 Å². The first-order valence-electron chi connectivity index (χ1n) is 4.47. The Morgan fingerprint density at radius 1 is 1.46 bits per heavy atom. The first kappa shape index (κ1) is 10.0. The Labute approximate surface area is 79.7 Å². The van der Waals surface area contributed by atoms with Gasteiger partial charge in [-0.3, -0.25) is 0 Å². The number of aliphatic hydroxyl groups is 1. The van der Waals surface area contributed by atoms with E-state index >= 15 is 0 Å². The third-order valence-electron chi connectivity index (χ3n) is 2.27. The van der Waals surface area contributed by atoms with Crippen LogP contribution in [0.15, 0.2) is 36.9 Å². The highest BCUT2D eigenvalue weighted by Crippen LogP contribution is 2.27. The van der Waals surface area contributed by atoms with E-state index in [0.29, 0.717) is 6.42 Å². The molecule has 0 fully saturated rings. The third kappa shape index (κ3) is 2.19. The Bertz CT molecular complexity index is 300. The van der Waals surface area contributed by atoms with Gasteiger partial charge in [0, 0.05) is 0 Å². The maximum Gasteiger partial charge on any atom is 0.0905 e. The first-order valence-corrected chi connectivity index (χ1v) is 4.47. The van der Waals surface area contributed by atoms with E-state index in [-0.39, 0.29) is 0 Å². The van der Waals surface area contributed by atoms with Crippen molar-refractivity contribution >= 4 is 0 Å². The molecule has 0 aliphatic heterocycles. The van der Waals surface area contributed by atoms with Gasteiger partial charge in [0.25, 0.3) is 0 Å². The van der Waals surface area contributed by atoms with Crippen molar-refractivity contribution in [1.29, 1.82) is 0 Å². The van der Waals surface area contributed by atoms with Gasteiger partial charge in [0.15, 0.2) is 0 Å². The highest BCUT2D eigenvalue weighted by molar-refractivity contribution is 5.31. The fourth-order valence-corrected chi connectivity index (χ4v) is 1.57. The average molecular weight is 176 g/mol. The Kier molecular flexibility index (Phi) is 2.89. The zero-order chi connectivity index (χ0) is 9.90. The predicted molar refractivity (Wildman–Crippen MR) is 55.6 cm³/mol. The smallest absolute Gasteiger partial charge is 0.0905 e. The second-order valence-corrected chi connectivity index (χ2v) is 3.58. The van der Waals surface area contributed by atoms with Crippen LogP contribution in [0.25, 0.3) is 0 Å². The monoisotopic (exact) mass is 176 g/mol. The molecule has 0 bridgehead atoms. The van der Waals surface area contributed by atoms with Crippen LogP contribution in [0.4, 0.5) is 0 Å². The molecular formula is C12H16O. The van der Waals surface area contributed by atoms with Gasteiger partial charge in [0.1, 0.15) is 0 Å². The van der Waals surface area contributed by atoms with E-state index in [1.807, 2.05) is 38.1 Å². The molecule has 0 saturated carbocycles. The fraction of sp³-hybridized carbons (Fsp3) is 0.333. The fourth-order valence-electron chi connectivity index (χ4n) is 1.57. The second-order valence-electron chi connectivity index (χ2n) is 3.58. The molecule has 1 atom stereocenters. The predicted octanol–water partition coefficient (Wildman–Crippen LogP) is 2.78. The first-order chi connectivity index (χ1) is 6.08. The van der Waals surface area contributed by atoms with Crippen LogP contribution in [0.2, 0.25) is 0 Å². The summed E-state index contributed by atoms with van der Waals surface area (Å²) in [5.74, 6) is 0. The lowest BCUT2D eigenvalue weighted by Gasteiger charge is -2.23. The summed E-state index contributed by atoms with van der Waals surface area (Å²) in [4.78, 5) is 0. The quantitative estimate of drug-likeness (QED) is 0.702. The van der Waals surface area contributed by atoms with Gasteiger partial charge in [-0.05, 0) is 31.4 Å². The summed E-state index contributed by atoms with van der Waals surface area (Å²) >= 11 is 0. The summed E-state index contributed by atoms with van der Waals surface area (Å²) < 4.78 is 0. The van der Waals surface area contributed by atoms with Gasteiger partial charge in [-0.25, -0.2) is 0 Å². The lowest BCUT2D eigenvalue weighted by atomic mass is 9.89. The molecule has 1 nitrogen and oxygen atoms in total. The van der Waals surface area contributed by atoms with Gasteiger partial charge < -0.3 is 5.11 Å². The highest BCUT2D eigenvalue weighted by atomic mass is 16.3. The molecule has 70 valence electrons. The van der Waals surface area contributed by atoms with Crippen LogP contribution in [0.1, 0.15) is 24.5 Å². The number of benzene rings is 1. The van der Waals surface area contributed by atoms with E-state index < -0.39 is 5.60 Å². The standard InChI is InChI=1S/C12H16O/c1-4-9-12(3,13)11-8-6-5-7-10(11)2/h4-8,13H,1,9H2,2-3H3. The lowest BCUT2D eigenvalue weighted by molar-refractivity contribution is 0.0600. The van der Waals surface area contributed by atoms with Crippen LogP contribution >= 0.6 is 0 Å². The van der Waals surface area contributed by atoms with Crippen molar-refractivity contribution in [2.75, 3.05) is 0 Å². The van der Waals surface area contributed by atoms with E-state index in [0.717, 1.165) is 11.1 Å². The molecule has 0 aromatic heterocycles. The molecule has 1 aromatic carbocycles. The van der Waals surface area contributed by atoms with E-state index in [1.54, 1.807) is 6.08 Å². The number of rotatable bonds is 3. The molecule has 1 N–H and O–H groups in total. The van der Waals surface area contributed by atoms with E-state index in [4.69, 9.17) is 0 Å². The third-order valence-corrected chi connectivity index (χ3v) is 2.27. The summed E-state index contributed by atoms with van der Waals surface area (Å²) in [6.07, 6.45) is 2.32. The Hall–Kier alpha value is -1.08. The van der Waals surface area contributed by atoms with E-state index in [9.17, 15) is 5.11 Å². The van der Waals surface area contributed by atoms with Crippen LogP contribution in [0.5, 0.6) is 0 Å². The van der Waals surface area contributed by atoms with Gasteiger partial charge in [0.05, 0.1) is 5.60 Å². The topological polar surface area (TPSA) is 20.2 Å². The highest BCUT2D eigenvalue weighted by Gasteiger charge is 2.22. The van der Waals surface area contributed by atoms with Crippen LogP contribution in [0, 0.1) is 6.92 Å². The number of hydrogen-bond acceptors (Lipinski definition) is 1. The maximum atomic E-state index is 10.1. The number of aryl methyl sites for hydroxylation is 1. The molecule has 0 radical (unpaired) electrons. The molecule has 0 aliphatic rings. The molecule has 0 aliphatic carbocycles. The van der Waals surface area contributed by atoms with E-state index in [2.05, 4.69) is 6.58 Å². The molecule has 0 amide bonds. The number of hydrogen-bond donors (Lipinski definition) is 1. The molecular weight excluding hydrogens is 160 g/mol. The van der Waals surface area contributed by atoms with Crippen LogP contribution < -0.4 is 0 Å². The van der Waals surface area contributed by atoms with Crippen molar-refractivity contribution in [3.63, 3.8) is 0 Å². The van der Waals surface area contributed by atoms with Gasteiger partial charge in [0.2, 0.25) is 0 Å². The molecule has 1 aromatic rings. The van der Waals surface area contributed by atoms with Gasteiger partial charge >= 0.3 is 0 Å². The minimum absolute atomic E-state index is 0.581. The van der Waals surface area contributed by atoms with Crippen LogP contribution in [-0.4, -0.2) is 5.11 Å². The minimum Gasteiger partial charge on any atom is -0.385 e. The second kappa shape index (κ2) is 3.75. The lowest BCUT2D eigenvalue weighted by Crippen LogP contribution is -2.21. The van der Waals surface area contributed by atoms with Crippen molar-refractivity contribution in [3.05, 3.63) is 48.0 Å². The molecule has 13 heavy (non-hydrogen) atoms. The molecule has 1 rings (SSSR count). The van der Waals surface area contributed by atoms with Crippen molar-refractivity contribution < 1.29 is 5.11 Å². The molecule has 1 heteroatoms. The van der Waals surface area contributed by atoms with Crippen molar-refractivity contribution in [1.82, 2.24) is 0 Å². The molecule has 0 saturated heterocycles. The zero-order valence-electron chi connectivity index (χ0n) is 8.25. The van der Waals surface area contributed by atoms with Crippen LogP contribution in [-0.2, 0) is 5.60 Å². The average Bonchev–Trinajstić information content (AvgIpc) is 2.04. The van der Waals surface area contributed by atoms with Gasteiger partial charge in [-0.2, -0.15) is 0 Å². The van der Waals surface area contributed by atoms with Crippen molar-refractivity contribution in [2.24, 2.45) is 0 Å². The molecule has 0 spiro atoms. The zero-order valence-corrected chi connectivity index (χ0v) is 8.25. The SMILES string of the molecule is C=CCC(C)(O)c1ccccc1C. The molecule has 1 unspecified atom stereocenters. The van der Waals surface area contributed by atoms with Crippen LogP contribution in [0.3, 0.4) is 0 Å². The van der Waals surface area contributed by atoms with Gasteiger partial charge in [-0.1, -0.05) is 30.3 Å². The van der Waals surface area contributed by atoms with E-state index in [1.165, 1.54) is 0 Å². The summed E-state index contributed by atoms with van der Waals surface area (Å²) in [5, 5.41) is 10.1. The summed E-state index contributed by atoms with van der Waals surface area (Å²) in [6, 6.07) is 7.88. The minimum atomic E-state index is -0.785. The Balaban J connectivity index is 3.06. The summed E-state index contributed by atoms with van der Waals surface area (Å²) in [6.45, 7) is 7.46.